The monoisotopic (exact) mass is 509 g/mol. The van der Waals surface area contributed by atoms with Gasteiger partial charge in [-0.1, -0.05) is 49.5 Å². The van der Waals surface area contributed by atoms with E-state index in [-0.39, 0.29) is 38.8 Å². The largest absolute Gasteiger partial charge is 0.471 e. The summed E-state index contributed by atoms with van der Waals surface area (Å²) >= 11 is -0.370. The summed E-state index contributed by atoms with van der Waals surface area (Å²) in [6.07, 6.45) is 4.40. The number of rotatable bonds is 6. The number of ether oxygens (including phenoxy) is 1. The number of carbonyl (C=O) groups excluding carboxylic acids is 1. The van der Waals surface area contributed by atoms with E-state index in [9.17, 15) is 4.79 Å². The van der Waals surface area contributed by atoms with Crippen molar-refractivity contribution in [2.24, 2.45) is 0 Å². The van der Waals surface area contributed by atoms with Crippen molar-refractivity contribution in [1.82, 2.24) is 14.9 Å². The number of hydrogen-bond acceptors (Lipinski definition) is 5. The van der Waals surface area contributed by atoms with E-state index < -0.39 is 0 Å². The zero-order valence-corrected chi connectivity index (χ0v) is 18.5. The highest BCUT2D eigenvalue weighted by molar-refractivity contribution is 14.2. The second-order valence-corrected chi connectivity index (χ2v) is 8.74. The Morgan fingerprint density at radius 3 is 3.04 bits per heavy atom. The Morgan fingerprint density at radius 1 is 1.46 bits per heavy atom. The maximum absolute atomic E-state index is 11.8. The van der Waals surface area contributed by atoms with Crippen LogP contribution in [0.3, 0.4) is 0 Å². The Hall–Kier alpha value is -1.83. The van der Waals surface area contributed by atoms with E-state index in [0.29, 0.717) is 25.4 Å². The van der Waals surface area contributed by atoms with Crippen molar-refractivity contribution in [2.45, 2.75) is 25.1 Å². The van der Waals surface area contributed by atoms with Gasteiger partial charge in [-0.2, -0.15) is 0 Å². The average molecular weight is 509 g/mol. The number of allylic oxidation sites excluding steroid dienone is 1. The number of halogens is 1. The lowest BCUT2D eigenvalue weighted by Crippen LogP contribution is -2.30. The molecule has 4 rings (SSSR count). The van der Waals surface area contributed by atoms with E-state index in [1.54, 1.807) is 0 Å². The van der Waals surface area contributed by atoms with Crippen LogP contribution in [0.15, 0.2) is 43.1 Å². The topological polar surface area (TPSA) is 65.4 Å². The highest BCUT2D eigenvalue weighted by Crippen LogP contribution is 2.37. The van der Waals surface area contributed by atoms with Crippen molar-refractivity contribution in [2.75, 3.05) is 6.54 Å². The van der Waals surface area contributed by atoms with E-state index in [4.69, 9.17) is 14.2 Å². The van der Waals surface area contributed by atoms with Crippen LogP contribution in [0.1, 0.15) is 6.42 Å². The number of pyridine rings is 1. The Kier molecular flexibility index (Phi) is 5.75. The molecule has 1 fully saturated rings. The molecule has 0 radical (unpaired) electrons. The van der Waals surface area contributed by atoms with Gasteiger partial charge in [-0.25, -0.2) is 4.98 Å². The fourth-order valence-electron chi connectivity index (χ4n) is 3.63. The fraction of sp³-hybridized carbons (Fsp3) is 0.250. The number of hydrogen-bond donors (Lipinski definition) is 1. The van der Waals surface area contributed by atoms with E-state index >= 15 is 0 Å². The summed E-state index contributed by atoms with van der Waals surface area (Å²) in [6.45, 7) is 5.12. The molecule has 0 bridgehead atoms. The van der Waals surface area contributed by atoms with E-state index in [1.165, 1.54) is 3.57 Å². The van der Waals surface area contributed by atoms with Gasteiger partial charge in [0.15, 0.2) is 0 Å². The third kappa shape index (κ3) is 3.47. The molecular formula is C20H21IN3O3P. The minimum atomic E-state index is -0.370. The van der Waals surface area contributed by atoms with Gasteiger partial charge in [-0.15, -0.1) is 6.58 Å². The lowest BCUT2D eigenvalue weighted by atomic mass is 10.1. The zero-order chi connectivity index (χ0) is 19.7. The smallest absolute Gasteiger partial charge is 0.325 e. The third-order valence-electron chi connectivity index (χ3n) is 4.87. The van der Waals surface area contributed by atoms with Crippen LogP contribution in [0.4, 0.5) is 0 Å². The normalized spacial score (nSPS) is 19.2. The zero-order valence-electron chi connectivity index (χ0n) is 15.2. The first-order chi connectivity index (χ1) is 13.7. The summed E-state index contributed by atoms with van der Waals surface area (Å²) in [6, 6.07) is 7.74. The predicted molar refractivity (Wildman–Crippen MR) is 124 cm³/mol. The van der Waals surface area contributed by atoms with Gasteiger partial charge in [0, 0.05) is 40.0 Å². The van der Waals surface area contributed by atoms with Crippen molar-refractivity contribution in [3.05, 3.63) is 46.7 Å². The molecule has 0 spiro atoms. The highest BCUT2D eigenvalue weighted by atomic mass is 127. The summed E-state index contributed by atoms with van der Waals surface area (Å²) in [5, 5.41) is 5.43. The summed E-state index contributed by atoms with van der Waals surface area (Å²) in [5.41, 5.74) is 1.86. The van der Waals surface area contributed by atoms with Crippen molar-refractivity contribution < 1.29 is 14.1 Å². The van der Waals surface area contributed by atoms with Crippen LogP contribution in [0.2, 0.25) is 0 Å². The first kappa shape index (κ1) is 19.5. The lowest BCUT2D eigenvalue weighted by molar-refractivity contribution is -0.135. The Morgan fingerprint density at radius 2 is 2.29 bits per heavy atom. The number of aromatic nitrogens is 2. The van der Waals surface area contributed by atoms with Crippen LogP contribution >= 0.6 is 30.2 Å². The standard InChI is InChI=1S/C20H21IN3O3P/c1-3-8-24-11-14(21-2)17-13-6-4-5-7-15(13)23-19(18(17)24)26-12-9-16(22-10-12)20(25)27-28/h3-7,11-12,16,22H,1-2,8-10,28H2/t12-,16+/m1/s1. The molecule has 1 aliphatic rings. The van der Waals surface area contributed by atoms with Crippen LogP contribution in [-0.4, -0.2) is 38.7 Å². The first-order valence-electron chi connectivity index (χ1n) is 8.87. The van der Waals surface area contributed by atoms with Gasteiger partial charge >= 0.3 is 5.97 Å². The van der Waals surface area contributed by atoms with Crippen LogP contribution < -0.4 is 10.1 Å². The number of fused-ring (bicyclic) bond motifs is 3. The molecular weight excluding hydrogens is 488 g/mol. The summed E-state index contributed by atoms with van der Waals surface area (Å²) in [5.74, 6) is 0.290. The molecule has 6 nitrogen and oxygen atoms in total. The van der Waals surface area contributed by atoms with Gasteiger partial charge in [0.1, 0.15) is 17.7 Å². The molecule has 1 unspecified atom stereocenters. The Balaban J connectivity index is 1.82. The SMILES string of the molecule is C=CCn1cc(I=C)c2c3ccccc3nc(O[C@H]3CN[C@H](C(=O)OP)C3)c21. The lowest BCUT2D eigenvalue weighted by Gasteiger charge is -2.15. The minimum Gasteiger partial charge on any atom is -0.471 e. The molecule has 3 aromatic rings. The van der Waals surface area contributed by atoms with Gasteiger partial charge in [0.05, 0.1) is 15.0 Å². The van der Waals surface area contributed by atoms with Crippen LogP contribution in [0.5, 0.6) is 5.88 Å². The molecule has 0 aliphatic carbocycles. The molecule has 3 heterocycles. The van der Waals surface area contributed by atoms with Gasteiger partial charge < -0.3 is 19.1 Å². The Labute approximate surface area is 175 Å². The van der Waals surface area contributed by atoms with Crippen molar-refractivity contribution in [3.63, 3.8) is 0 Å². The van der Waals surface area contributed by atoms with Crippen molar-refractivity contribution >= 4 is 62.5 Å². The fourth-order valence-corrected chi connectivity index (χ4v) is 5.26. The number of carbonyl (C=O) groups is 1. The number of nitrogens with one attached hydrogen (secondary N) is 1. The predicted octanol–water partition coefficient (Wildman–Crippen LogP) is 3.39. The molecule has 28 heavy (non-hydrogen) atoms. The number of para-hydroxylation sites is 1. The molecule has 0 saturated carbocycles. The molecule has 1 aliphatic heterocycles. The van der Waals surface area contributed by atoms with Gasteiger partial charge in [0.2, 0.25) is 5.88 Å². The third-order valence-corrected chi connectivity index (χ3v) is 6.74. The number of nitrogens with zero attached hydrogens (tertiary/aromatic N) is 2. The molecule has 146 valence electrons. The maximum Gasteiger partial charge on any atom is 0.325 e. The molecule has 0 amide bonds. The molecule has 3 atom stereocenters. The van der Waals surface area contributed by atoms with Gasteiger partial charge in [0.25, 0.3) is 0 Å². The minimum absolute atomic E-state index is 0.157. The molecule has 8 heteroatoms. The van der Waals surface area contributed by atoms with Crippen LogP contribution in [-0.2, 0) is 15.9 Å². The van der Waals surface area contributed by atoms with Crippen molar-refractivity contribution in [1.29, 1.82) is 0 Å². The Bertz CT molecular complexity index is 1080. The second-order valence-electron chi connectivity index (χ2n) is 6.58. The summed E-state index contributed by atoms with van der Waals surface area (Å²) in [7, 11) is 2.00. The highest BCUT2D eigenvalue weighted by Gasteiger charge is 2.32. The molecule has 1 N–H and O–H groups in total. The van der Waals surface area contributed by atoms with Crippen LogP contribution in [0, 0.1) is 3.57 Å². The summed E-state index contributed by atoms with van der Waals surface area (Å²) < 4.78 is 18.7. The van der Waals surface area contributed by atoms with Crippen LogP contribution in [0.25, 0.3) is 21.8 Å². The van der Waals surface area contributed by atoms with E-state index in [2.05, 4.69) is 33.2 Å². The molecule has 2 aromatic heterocycles. The maximum atomic E-state index is 11.8. The molecule has 1 saturated heterocycles. The van der Waals surface area contributed by atoms with Gasteiger partial charge in [-0.05, 0) is 6.07 Å². The first-order valence-corrected chi connectivity index (χ1v) is 11.9. The summed E-state index contributed by atoms with van der Waals surface area (Å²) in [4.78, 5) is 16.6. The van der Waals surface area contributed by atoms with E-state index in [0.717, 1.165) is 21.8 Å². The van der Waals surface area contributed by atoms with E-state index in [1.807, 2.05) is 33.7 Å². The molecule has 1 aromatic carbocycles. The quantitative estimate of drug-likeness (QED) is 0.314. The number of benzene rings is 1. The second kappa shape index (κ2) is 8.27. The van der Waals surface area contributed by atoms with Gasteiger partial charge in [-0.3, -0.25) is 4.79 Å². The average Bonchev–Trinajstić information content (AvgIpc) is 3.33. The van der Waals surface area contributed by atoms with Crippen molar-refractivity contribution in [3.8, 4) is 5.88 Å².